The predicted octanol–water partition coefficient (Wildman–Crippen LogP) is 4.86. The first kappa shape index (κ1) is 18.4. The zero-order valence-electron chi connectivity index (χ0n) is 15.4. The van der Waals surface area contributed by atoms with E-state index in [4.69, 9.17) is 9.15 Å². The number of ether oxygens (including phenoxy) is 1. The Kier molecular flexibility index (Phi) is 4.83. The van der Waals surface area contributed by atoms with Crippen molar-refractivity contribution in [2.24, 2.45) is 0 Å². The van der Waals surface area contributed by atoms with E-state index >= 15 is 0 Å². The summed E-state index contributed by atoms with van der Waals surface area (Å²) in [6.45, 7) is 0. The minimum atomic E-state index is -0.368. The van der Waals surface area contributed by atoms with Crippen LogP contribution in [0, 0.1) is 5.82 Å². The molecule has 4 aromatic rings. The minimum Gasteiger partial charge on any atom is -0.496 e. The van der Waals surface area contributed by atoms with E-state index in [1.165, 1.54) is 25.3 Å². The van der Waals surface area contributed by atoms with Crippen LogP contribution in [0.2, 0.25) is 0 Å². The maximum absolute atomic E-state index is 13.1. The highest BCUT2D eigenvalue weighted by molar-refractivity contribution is 6.06. The Morgan fingerprint density at radius 2 is 1.76 bits per heavy atom. The maximum atomic E-state index is 13.1. The predicted molar refractivity (Wildman–Crippen MR) is 109 cm³/mol. The van der Waals surface area contributed by atoms with E-state index in [0.717, 1.165) is 0 Å². The number of halogens is 1. The first-order valence-electron chi connectivity index (χ1n) is 8.83. The number of para-hydroxylation sites is 1. The van der Waals surface area contributed by atoms with Crippen molar-refractivity contribution in [1.82, 2.24) is 0 Å². The van der Waals surface area contributed by atoms with E-state index in [1.807, 2.05) is 0 Å². The molecule has 0 bridgehead atoms. The summed E-state index contributed by atoms with van der Waals surface area (Å²) in [6, 6.07) is 18.7. The average molecular weight is 389 g/mol. The van der Waals surface area contributed by atoms with Crippen LogP contribution in [-0.2, 0) is 0 Å². The number of fused-ring (bicyclic) bond motifs is 1. The van der Waals surface area contributed by atoms with Gasteiger partial charge in [0, 0.05) is 17.3 Å². The molecule has 0 fully saturated rings. The van der Waals surface area contributed by atoms with E-state index in [9.17, 15) is 14.0 Å². The van der Waals surface area contributed by atoms with Crippen molar-refractivity contribution < 1.29 is 18.3 Å². The zero-order chi connectivity index (χ0) is 20.4. The van der Waals surface area contributed by atoms with Crippen LogP contribution in [-0.4, -0.2) is 13.0 Å². The quantitative estimate of drug-likeness (QED) is 0.541. The first-order valence-corrected chi connectivity index (χ1v) is 8.83. The van der Waals surface area contributed by atoms with Gasteiger partial charge in [-0.15, -0.1) is 0 Å². The highest BCUT2D eigenvalue weighted by atomic mass is 19.1. The molecule has 0 aliphatic heterocycles. The Morgan fingerprint density at radius 1 is 1.00 bits per heavy atom. The Labute approximate surface area is 165 Å². The third kappa shape index (κ3) is 3.73. The topological polar surface area (TPSA) is 68.5 Å². The molecule has 0 aliphatic carbocycles. The van der Waals surface area contributed by atoms with E-state index in [0.29, 0.717) is 39.3 Å². The third-order valence-corrected chi connectivity index (χ3v) is 4.47. The molecule has 0 aliphatic rings. The van der Waals surface area contributed by atoms with Crippen molar-refractivity contribution >= 4 is 22.6 Å². The second-order valence-corrected chi connectivity index (χ2v) is 6.35. The van der Waals surface area contributed by atoms with Gasteiger partial charge in [0.1, 0.15) is 22.9 Å². The first-order chi connectivity index (χ1) is 14.0. The molecule has 1 heterocycles. The normalized spacial score (nSPS) is 10.7. The van der Waals surface area contributed by atoms with Gasteiger partial charge in [0.25, 0.3) is 5.91 Å². The molecule has 29 heavy (non-hydrogen) atoms. The second kappa shape index (κ2) is 7.59. The highest BCUT2D eigenvalue weighted by Crippen LogP contribution is 2.25. The highest BCUT2D eigenvalue weighted by Gasteiger charge is 2.13. The summed E-state index contributed by atoms with van der Waals surface area (Å²) in [5.41, 5.74) is 1.54. The number of carbonyl (C=O) groups is 1. The molecule has 1 aromatic heterocycles. The van der Waals surface area contributed by atoms with Gasteiger partial charge in [-0.25, -0.2) is 4.39 Å². The van der Waals surface area contributed by atoms with E-state index in [-0.39, 0.29) is 17.2 Å². The van der Waals surface area contributed by atoms with Crippen LogP contribution in [0.15, 0.2) is 82.0 Å². The molecule has 3 aromatic carbocycles. The van der Waals surface area contributed by atoms with Crippen LogP contribution in [0.4, 0.5) is 10.1 Å². The molecular formula is C23H16FNO4. The third-order valence-electron chi connectivity index (χ3n) is 4.47. The van der Waals surface area contributed by atoms with Crippen LogP contribution in [0.3, 0.4) is 0 Å². The number of rotatable bonds is 4. The smallest absolute Gasteiger partial charge is 0.259 e. The van der Waals surface area contributed by atoms with Gasteiger partial charge in [-0.3, -0.25) is 9.59 Å². The summed E-state index contributed by atoms with van der Waals surface area (Å²) in [5.74, 6) is 0.0731. The van der Waals surface area contributed by atoms with Crippen LogP contribution < -0.4 is 15.5 Å². The van der Waals surface area contributed by atoms with Crippen LogP contribution in [0.5, 0.6) is 5.75 Å². The van der Waals surface area contributed by atoms with Gasteiger partial charge in [0.2, 0.25) is 0 Å². The van der Waals surface area contributed by atoms with Gasteiger partial charge in [-0.1, -0.05) is 12.1 Å². The summed E-state index contributed by atoms with van der Waals surface area (Å²) in [5, 5.41) is 3.09. The Hall–Kier alpha value is -3.93. The second-order valence-electron chi connectivity index (χ2n) is 6.35. The van der Waals surface area contributed by atoms with Crippen molar-refractivity contribution in [3.05, 3.63) is 94.4 Å². The number of anilines is 1. The molecule has 144 valence electrons. The largest absolute Gasteiger partial charge is 0.496 e. The van der Waals surface area contributed by atoms with E-state index < -0.39 is 0 Å². The van der Waals surface area contributed by atoms with E-state index in [2.05, 4.69) is 5.32 Å². The molecule has 0 unspecified atom stereocenters. The molecule has 0 spiro atoms. The summed E-state index contributed by atoms with van der Waals surface area (Å²) in [7, 11) is 1.49. The Balaban J connectivity index is 1.67. The molecule has 0 atom stereocenters. The van der Waals surface area contributed by atoms with Gasteiger partial charge < -0.3 is 14.5 Å². The maximum Gasteiger partial charge on any atom is 0.259 e. The monoisotopic (exact) mass is 389 g/mol. The van der Waals surface area contributed by atoms with Gasteiger partial charge in [-0.05, 0) is 54.6 Å². The molecule has 1 N–H and O–H groups in total. The molecule has 5 nitrogen and oxygen atoms in total. The number of benzene rings is 3. The van der Waals surface area contributed by atoms with Crippen LogP contribution in [0.1, 0.15) is 10.4 Å². The SMILES string of the molecule is COc1ccccc1C(=O)Nc1ccc2oc(-c3ccc(F)cc3)cc(=O)c2c1. The lowest BCUT2D eigenvalue weighted by Crippen LogP contribution is -2.13. The Bertz CT molecular complexity index is 1260. The number of amides is 1. The van der Waals surface area contributed by atoms with Crippen LogP contribution in [0.25, 0.3) is 22.3 Å². The molecular weight excluding hydrogens is 373 g/mol. The summed E-state index contributed by atoms with van der Waals surface area (Å²) >= 11 is 0. The lowest BCUT2D eigenvalue weighted by atomic mass is 10.1. The fourth-order valence-corrected chi connectivity index (χ4v) is 3.02. The van der Waals surface area contributed by atoms with Crippen molar-refractivity contribution in [3.8, 4) is 17.1 Å². The summed E-state index contributed by atoms with van der Waals surface area (Å²) in [6.07, 6.45) is 0. The van der Waals surface area contributed by atoms with Gasteiger partial charge >= 0.3 is 0 Å². The van der Waals surface area contributed by atoms with Crippen molar-refractivity contribution in [2.75, 3.05) is 12.4 Å². The van der Waals surface area contributed by atoms with E-state index in [1.54, 1.807) is 54.6 Å². The van der Waals surface area contributed by atoms with Crippen molar-refractivity contribution in [3.63, 3.8) is 0 Å². The molecule has 0 saturated heterocycles. The summed E-state index contributed by atoms with van der Waals surface area (Å²) < 4.78 is 24.1. The van der Waals surface area contributed by atoms with Gasteiger partial charge in [-0.2, -0.15) is 0 Å². The van der Waals surface area contributed by atoms with Crippen molar-refractivity contribution in [2.45, 2.75) is 0 Å². The summed E-state index contributed by atoms with van der Waals surface area (Å²) in [4.78, 5) is 25.1. The van der Waals surface area contributed by atoms with Crippen LogP contribution >= 0.6 is 0 Å². The standard InChI is InChI=1S/C23H16FNO4/c1-28-20-5-3-2-4-17(20)23(27)25-16-10-11-21-18(12-16)19(26)13-22(29-21)14-6-8-15(24)9-7-14/h2-13H,1H3,(H,25,27). The lowest BCUT2D eigenvalue weighted by Gasteiger charge is -2.10. The minimum absolute atomic E-state index is 0.265. The Morgan fingerprint density at radius 3 is 2.52 bits per heavy atom. The molecule has 1 amide bonds. The van der Waals surface area contributed by atoms with Gasteiger partial charge in [0.15, 0.2) is 5.43 Å². The van der Waals surface area contributed by atoms with Gasteiger partial charge in [0.05, 0.1) is 18.1 Å². The van der Waals surface area contributed by atoms with Crippen molar-refractivity contribution in [1.29, 1.82) is 0 Å². The fraction of sp³-hybridized carbons (Fsp3) is 0.0435. The lowest BCUT2D eigenvalue weighted by molar-refractivity contribution is 0.102. The zero-order valence-corrected chi connectivity index (χ0v) is 15.4. The average Bonchev–Trinajstić information content (AvgIpc) is 2.74. The number of carbonyl (C=O) groups excluding carboxylic acids is 1. The number of nitrogens with one attached hydrogen (secondary N) is 1. The molecule has 6 heteroatoms. The number of hydrogen-bond donors (Lipinski definition) is 1. The molecule has 4 rings (SSSR count). The number of methoxy groups -OCH3 is 1. The molecule has 0 radical (unpaired) electrons. The fourth-order valence-electron chi connectivity index (χ4n) is 3.02. The molecule has 0 saturated carbocycles. The number of hydrogen-bond acceptors (Lipinski definition) is 4.